The monoisotopic (exact) mass is 276 g/mol. The highest BCUT2D eigenvalue weighted by Gasteiger charge is 2.17. The maximum atomic E-state index is 6.06. The Balaban J connectivity index is 2.47. The molecule has 0 saturated heterocycles. The minimum Gasteiger partial charge on any atom is -0.496 e. The molecule has 0 aliphatic rings. The molecule has 2 rings (SSSR count). The molecule has 3 N–H and O–H groups in total. The van der Waals surface area contributed by atoms with Gasteiger partial charge in [0.15, 0.2) is 0 Å². The van der Waals surface area contributed by atoms with Gasteiger partial charge in [-0.15, -0.1) is 0 Å². The van der Waals surface area contributed by atoms with E-state index in [1.165, 1.54) is 5.56 Å². The number of halogens is 1. The Morgan fingerprint density at radius 3 is 2.42 bits per heavy atom. The lowest BCUT2D eigenvalue weighted by Gasteiger charge is -2.20. The fraction of sp³-hybridized carbons (Fsp3) is 0.200. The van der Waals surface area contributed by atoms with Crippen LogP contribution >= 0.6 is 11.6 Å². The number of nitrogens with one attached hydrogen (secondary N) is 1. The van der Waals surface area contributed by atoms with Gasteiger partial charge < -0.3 is 4.74 Å². The predicted octanol–water partition coefficient (Wildman–Crippen LogP) is 3.21. The molecule has 0 saturated carbocycles. The van der Waals surface area contributed by atoms with Crippen molar-refractivity contribution in [3.05, 3.63) is 64.2 Å². The Hall–Kier alpha value is -1.55. The van der Waals surface area contributed by atoms with Gasteiger partial charge in [0.05, 0.1) is 13.2 Å². The third-order valence-corrected chi connectivity index (χ3v) is 3.32. The molecule has 0 radical (unpaired) electrons. The van der Waals surface area contributed by atoms with Crippen molar-refractivity contribution in [2.75, 3.05) is 7.11 Å². The van der Waals surface area contributed by atoms with Gasteiger partial charge in [0, 0.05) is 10.6 Å². The molecule has 4 heteroatoms. The largest absolute Gasteiger partial charge is 0.496 e. The van der Waals surface area contributed by atoms with Crippen LogP contribution in [0.25, 0.3) is 0 Å². The van der Waals surface area contributed by atoms with Crippen LogP contribution in [0.1, 0.15) is 22.7 Å². The van der Waals surface area contributed by atoms with Crippen molar-refractivity contribution in [1.82, 2.24) is 5.43 Å². The summed E-state index contributed by atoms with van der Waals surface area (Å²) >= 11 is 6.06. The summed E-state index contributed by atoms with van der Waals surface area (Å²) in [5, 5.41) is 0.656. The average Bonchev–Trinajstić information content (AvgIpc) is 2.42. The highest BCUT2D eigenvalue weighted by molar-refractivity contribution is 6.30. The van der Waals surface area contributed by atoms with Crippen LogP contribution in [0.15, 0.2) is 42.5 Å². The summed E-state index contributed by atoms with van der Waals surface area (Å²) in [5.74, 6) is 6.46. The summed E-state index contributed by atoms with van der Waals surface area (Å²) in [5.41, 5.74) is 6.00. The van der Waals surface area contributed by atoms with Gasteiger partial charge in [-0.25, -0.2) is 5.43 Å². The molecule has 0 spiro atoms. The Labute approximate surface area is 118 Å². The summed E-state index contributed by atoms with van der Waals surface area (Å²) in [6.07, 6.45) is 0. The molecule has 2 aromatic carbocycles. The molecule has 3 nitrogen and oxygen atoms in total. The second-order valence-electron chi connectivity index (χ2n) is 4.40. The first-order valence-corrected chi connectivity index (χ1v) is 6.39. The van der Waals surface area contributed by atoms with E-state index in [2.05, 4.69) is 24.5 Å². The fourth-order valence-corrected chi connectivity index (χ4v) is 2.24. The van der Waals surface area contributed by atoms with Gasteiger partial charge in [-0.05, 0) is 30.7 Å². The Kier molecular flexibility index (Phi) is 4.43. The minimum atomic E-state index is -0.158. The molecule has 0 amide bonds. The zero-order chi connectivity index (χ0) is 13.8. The number of ether oxygens (including phenoxy) is 1. The van der Waals surface area contributed by atoms with E-state index in [9.17, 15) is 0 Å². The van der Waals surface area contributed by atoms with E-state index >= 15 is 0 Å². The van der Waals surface area contributed by atoms with Crippen LogP contribution in [0.2, 0.25) is 5.02 Å². The van der Waals surface area contributed by atoms with Gasteiger partial charge in [0.25, 0.3) is 0 Å². The van der Waals surface area contributed by atoms with Crippen molar-refractivity contribution in [2.45, 2.75) is 13.0 Å². The van der Waals surface area contributed by atoms with E-state index in [1.54, 1.807) is 13.2 Å². The maximum absolute atomic E-state index is 6.06. The molecule has 0 heterocycles. The van der Waals surface area contributed by atoms with Crippen LogP contribution in [0.5, 0.6) is 5.75 Å². The number of hydrazine groups is 1. The van der Waals surface area contributed by atoms with Crippen molar-refractivity contribution in [1.29, 1.82) is 0 Å². The summed E-state index contributed by atoms with van der Waals surface area (Å²) in [7, 11) is 1.63. The van der Waals surface area contributed by atoms with Crippen LogP contribution in [0.3, 0.4) is 0 Å². The average molecular weight is 277 g/mol. The first-order valence-electron chi connectivity index (χ1n) is 6.02. The molecular formula is C15H17ClN2O. The number of nitrogens with two attached hydrogens (primary N) is 1. The van der Waals surface area contributed by atoms with Crippen molar-refractivity contribution >= 4 is 11.6 Å². The number of hydrogen-bond acceptors (Lipinski definition) is 3. The summed E-state index contributed by atoms with van der Waals surface area (Å²) in [6.45, 7) is 2.05. The lowest BCUT2D eigenvalue weighted by atomic mass is 9.97. The zero-order valence-corrected chi connectivity index (χ0v) is 11.7. The van der Waals surface area contributed by atoms with E-state index in [4.69, 9.17) is 22.2 Å². The third kappa shape index (κ3) is 3.07. The summed E-state index contributed by atoms with van der Waals surface area (Å²) in [6, 6.07) is 13.5. The number of hydrogen-bond donors (Lipinski definition) is 2. The third-order valence-electron chi connectivity index (χ3n) is 3.08. The molecule has 2 aromatic rings. The van der Waals surface area contributed by atoms with Gasteiger partial charge in [0.1, 0.15) is 5.75 Å². The van der Waals surface area contributed by atoms with E-state index in [0.29, 0.717) is 5.02 Å². The van der Waals surface area contributed by atoms with Gasteiger partial charge in [0.2, 0.25) is 0 Å². The van der Waals surface area contributed by atoms with Gasteiger partial charge in [-0.2, -0.15) is 0 Å². The molecule has 19 heavy (non-hydrogen) atoms. The van der Waals surface area contributed by atoms with Crippen molar-refractivity contribution < 1.29 is 4.74 Å². The fourth-order valence-electron chi connectivity index (χ4n) is 2.06. The maximum Gasteiger partial charge on any atom is 0.124 e. The number of benzene rings is 2. The minimum absolute atomic E-state index is 0.158. The van der Waals surface area contributed by atoms with Gasteiger partial charge in [-0.1, -0.05) is 41.4 Å². The first kappa shape index (κ1) is 13.9. The van der Waals surface area contributed by atoms with Gasteiger partial charge >= 0.3 is 0 Å². The highest BCUT2D eigenvalue weighted by atomic mass is 35.5. The van der Waals surface area contributed by atoms with E-state index in [1.807, 2.05) is 24.3 Å². The molecule has 0 aliphatic heterocycles. The second-order valence-corrected chi connectivity index (χ2v) is 4.83. The van der Waals surface area contributed by atoms with Crippen LogP contribution in [0, 0.1) is 6.92 Å². The lowest BCUT2D eigenvalue weighted by molar-refractivity contribution is 0.404. The lowest BCUT2D eigenvalue weighted by Crippen LogP contribution is -2.29. The summed E-state index contributed by atoms with van der Waals surface area (Å²) < 4.78 is 5.37. The Morgan fingerprint density at radius 2 is 1.84 bits per heavy atom. The van der Waals surface area contributed by atoms with E-state index in [-0.39, 0.29) is 6.04 Å². The van der Waals surface area contributed by atoms with Crippen LogP contribution in [-0.2, 0) is 0 Å². The zero-order valence-electron chi connectivity index (χ0n) is 11.0. The molecule has 0 bridgehead atoms. The first-order chi connectivity index (χ1) is 9.15. The Morgan fingerprint density at radius 1 is 1.16 bits per heavy atom. The quantitative estimate of drug-likeness (QED) is 0.666. The molecule has 1 unspecified atom stereocenters. The van der Waals surface area contributed by atoms with Crippen molar-refractivity contribution in [3.8, 4) is 5.75 Å². The SMILES string of the molecule is COc1ccc(Cl)cc1C(NN)c1ccc(C)cc1. The summed E-state index contributed by atoms with van der Waals surface area (Å²) in [4.78, 5) is 0. The van der Waals surface area contributed by atoms with Crippen LogP contribution in [-0.4, -0.2) is 7.11 Å². The molecule has 0 fully saturated rings. The number of methoxy groups -OCH3 is 1. The highest BCUT2D eigenvalue weighted by Crippen LogP contribution is 2.31. The predicted molar refractivity (Wildman–Crippen MR) is 78.3 cm³/mol. The topological polar surface area (TPSA) is 47.3 Å². The molecule has 0 aliphatic carbocycles. The molecule has 1 atom stereocenters. The van der Waals surface area contributed by atoms with Crippen molar-refractivity contribution in [3.63, 3.8) is 0 Å². The van der Waals surface area contributed by atoms with Crippen LogP contribution < -0.4 is 16.0 Å². The normalized spacial score (nSPS) is 12.2. The van der Waals surface area contributed by atoms with Gasteiger partial charge in [-0.3, -0.25) is 5.84 Å². The molecular weight excluding hydrogens is 260 g/mol. The smallest absolute Gasteiger partial charge is 0.124 e. The second kappa shape index (κ2) is 6.06. The number of aryl methyl sites for hydroxylation is 1. The van der Waals surface area contributed by atoms with Crippen molar-refractivity contribution in [2.24, 2.45) is 5.84 Å². The molecule has 0 aromatic heterocycles. The Bertz CT molecular complexity index is 555. The van der Waals surface area contributed by atoms with Crippen LogP contribution in [0.4, 0.5) is 0 Å². The number of rotatable bonds is 4. The van der Waals surface area contributed by atoms with E-state index < -0.39 is 0 Å². The molecule has 100 valence electrons. The van der Waals surface area contributed by atoms with E-state index in [0.717, 1.165) is 16.9 Å². The standard InChI is InChI=1S/C15H17ClN2O/c1-10-3-5-11(6-4-10)15(18-17)13-9-12(16)7-8-14(13)19-2/h3-9,15,18H,17H2,1-2H3.